The predicted octanol–water partition coefficient (Wildman–Crippen LogP) is -2.59. The van der Waals surface area contributed by atoms with Gasteiger partial charge in [0.15, 0.2) is 0 Å². The molecule has 17 heteroatoms. The van der Waals surface area contributed by atoms with E-state index >= 15 is 0 Å². The third-order valence-electron chi connectivity index (χ3n) is 3.17. The Balaban J connectivity index is 4.66. The monoisotopic (exact) mass is 615 g/mol. The van der Waals surface area contributed by atoms with E-state index in [9.17, 15) is 28.8 Å². The zero-order chi connectivity index (χ0) is 24.0. The summed E-state index contributed by atoms with van der Waals surface area (Å²) >= 11 is -0.470. The molecule has 0 spiro atoms. The minimum atomic E-state index is -1.28. The number of hydrogen-bond acceptors (Lipinski definition) is 9. The average molecular weight is 613 g/mol. The molecule has 0 fully saturated rings. The van der Waals surface area contributed by atoms with E-state index in [1.54, 1.807) is 0 Å². The molecule has 0 bridgehead atoms. The number of carbonyl (C=O) groups is 6. The summed E-state index contributed by atoms with van der Waals surface area (Å²) in [6.45, 7) is -0.653. The van der Waals surface area contributed by atoms with Crippen LogP contribution < -0.4 is 16.4 Å². The summed E-state index contributed by atoms with van der Waals surface area (Å²) in [4.78, 5) is 67.2. The molecule has 3 atom stereocenters. The van der Waals surface area contributed by atoms with Gasteiger partial charge in [0.1, 0.15) is 0 Å². The zero-order valence-corrected chi connectivity index (χ0v) is 20.8. The van der Waals surface area contributed by atoms with Crippen molar-refractivity contribution >= 4 is 80.1 Å². The van der Waals surface area contributed by atoms with Crippen LogP contribution in [0.2, 0.25) is 0 Å². The summed E-state index contributed by atoms with van der Waals surface area (Å²) in [5.41, 5.74) is 5.32. The van der Waals surface area contributed by atoms with E-state index in [0.29, 0.717) is 0 Å². The van der Waals surface area contributed by atoms with Crippen molar-refractivity contribution in [3.63, 3.8) is 0 Å². The fraction of sp³-hybridized carbons (Fsp3) is 0.571. The Hall–Kier alpha value is -1.48. The molecule has 0 aromatic rings. The van der Waals surface area contributed by atoms with Gasteiger partial charge >= 0.3 is 195 Å². The summed E-state index contributed by atoms with van der Waals surface area (Å²) in [7, 11) is 2.27. The second-order valence-electron chi connectivity index (χ2n) is 5.66. The number of hydrogen-bond donors (Lipinski definition) is 7. The summed E-state index contributed by atoms with van der Waals surface area (Å²) in [5, 5.41) is 38.6. The predicted molar refractivity (Wildman–Crippen MR) is 113 cm³/mol. The van der Waals surface area contributed by atoms with Gasteiger partial charge < -0.3 is 0 Å². The maximum absolute atomic E-state index is 12.2. The minimum absolute atomic E-state index is 0.0706. The summed E-state index contributed by atoms with van der Waals surface area (Å²) < 4.78 is 0. The number of aliphatic carboxylic acids is 4. The fourth-order valence-electron chi connectivity index (χ4n) is 1.65. The Morgan fingerprint density at radius 3 is 2.10 bits per heavy atom. The number of carboxylic acids is 4. The van der Waals surface area contributed by atoms with E-state index in [0.717, 1.165) is 10.2 Å². The van der Waals surface area contributed by atoms with Gasteiger partial charge in [-0.05, 0) is 0 Å². The van der Waals surface area contributed by atoms with Gasteiger partial charge in [0.25, 0.3) is 0 Å². The average Bonchev–Trinajstić information content (AvgIpc) is 2.67. The van der Waals surface area contributed by atoms with Crippen LogP contribution in [0.15, 0.2) is 0 Å². The van der Waals surface area contributed by atoms with Gasteiger partial charge in [0, 0.05) is 0 Å². The van der Waals surface area contributed by atoms with E-state index in [2.05, 4.69) is 10.6 Å². The van der Waals surface area contributed by atoms with Crippen LogP contribution in [0.1, 0.15) is 19.3 Å². The second kappa shape index (κ2) is 16.2. The molecule has 31 heavy (non-hydrogen) atoms. The molecular weight excluding hydrogens is 592 g/mol. The van der Waals surface area contributed by atoms with Gasteiger partial charge in [-0.15, -0.1) is 0 Å². The van der Waals surface area contributed by atoms with Crippen molar-refractivity contribution < 1.29 is 49.2 Å². The van der Waals surface area contributed by atoms with Gasteiger partial charge in [-0.3, -0.25) is 0 Å². The van der Waals surface area contributed by atoms with Gasteiger partial charge in [-0.2, -0.15) is 0 Å². The first-order chi connectivity index (χ1) is 14.4. The van der Waals surface area contributed by atoms with Crippen molar-refractivity contribution in [2.24, 2.45) is 5.73 Å². The van der Waals surface area contributed by atoms with Crippen molar-refractivity contribution in [1.29, 1.82) is 0 Å². The van der Waals surface area contributed by atoms with Crippen molar-refractivity contribution in [2.45, 2.75) is 36.6 Å². The zero-order valence-electron chi connectivity index (χ0n) is 15.7. The number of carboxylic acid groups (broad SMARTS) is 4. The number of rotatable bonds is 17. The number of nitrogens with two attached hydrogens (primary N) is 1. The molecule has 13 nitrogen and oxygen atoms in total. The molecule has 2 amide bonds. The molecule has 0 aromatic heterocycles. The fourth-order valence-corrected chi connectivity index (χ4v) is 18.8. The van der Waals surface area contributed by atoms with Crippen LogP contribution in [0.5, 0.6) is 0 Å². The molecule has 0 aromatic carbocycles. The molecule has 0 radical (unpaired) electrons. The SMILES string of the molecule is NC(CCC(=O)NC(CS[Se][Se]SC(CC(=O)O)C(=O)O)C(=O)NCC(=O)O)C(=O)O. The molecule has 3 unspecified atom stereocenters. The van der Waals surface area contributed by atoms with E-state index in [1.165, 1.54) is 10.2 Å². The van der Waals surface area contributed by atoms with E-state index in [4.69, 9.17) is 26.2 Å². The molecule has 176 valence electrons. The Kier molecular flexibility index (Phi) is 15.4. The van der Waals surface area contributed by atoms with Crippen LogP contribution in [0.3, 0.4) is 0 Å². The van der Waals surface area contributed by atoms with E-state index < -0.39 is 66.0 Å². The van der Waals surface area contributed by atoms with Crippen molar-refractivity contribution in [1.82, 2.24) is 10.6 Å². The Labute approximate surface area is 194 Å². The van der Waals surface area contributed by atoms with Crippen LogP contribution in [0, 0.1) is 0 Å². The molecule has 0 saturated heterocycles. The van der Waals surface area contributed by atoms with Crippen LogP contribution in [-0.4, -0.2) is 110 Å². The summed E-state index contributed by atoms with van der Waals surface area (Å²) in [5.74, 6) is -6.31. The van der Waals surface area contributed by atoms with Crippen molar-refractivity contribution in [3.05, 3.63) is 0 Å². The van der Waals surface area contributed by atoms with Gasteiger partial charge in [-0.25, -0.2) is 0 Å². The molecule has 0 rings (SSSR count). The number of carbonyl (C=O) groups excluding carboxylic acids is 2. The van der Waals surface area contributed by atoms with Crippen LogP contribution >= 0.6 is 20.4 Å². The first-order valence-corrected chi connectivity index (χ1v) is 18.5. The van der Waals surface area contributed by atoms with Gasteiger partial charge in [0.2, 0.25) is 0 Å². The van der Waals surface area contributed by atoms with Gasteiger partial charge in [0.05, 0.1) is 0 Å². The van der Waals surface area contributed by atoms with E-state index in [1.807, 2.05) is 0 Å². The number of nitrogens with one attached hydrogen (secondary N) is 2. The second-order valence-corrected chi connectivity index (χ2v) is 20.6. The third-order valence-corrected chi connectivity index (χ3v) is 20.3. The molecule has 8 N–H and O–H groups in total. The standard InChI is InChI=1S/C14H21N3O10S2Se2/c15-6(13(24)25)1-2-9(18)17-7(12(23)16-4-11(21)22)5-28-30-31-29-8(14(26)27)3-10(19)20/h6-8H,1-5,15H2,(H,16,23)(H,17,18)(H,19,20)(H,21,22)(H,24,25)(H,26,27). The summed E-state index contributed by atoms with van der Waals surface area (Å²) in [6, 6.07) is -2.33. The van der Waals surface area contributed by atoms with Crippen LogP contribution in [-0.2, 0) is 28.8 Å². The third kappa shape index (κ3) is 15.0. The van der Waals surface area contributed by atoms with Crippen LogP contribution in [0.25, 0.3) is 0 Å². The molecule has 0 aliphatic rings. The topological polar surface area (TPSA) is 233 Å². The van der Waals surface area contributed by atoms with Crippen molar-refractivity contribution in [3.8, 4) is 0 Å². The number of amides is 2. The first-order valence-electron chi connectivity index (χ1n) is 8.27. The molecule has 0 aliphatic heterocycles. The first kappa shape index (κ1) is 29.5. The normalized spacial score (nSPS) is 13.5. The van der Waals surface area contributed by atoms with Crippen LogP contribution in [0.4, 0.5) is 0 Å². The van der Waals surface area contributed by atoms with E-state index in [-0.39, 0.29) is 42.6 Å². The molecule has 0 saturated carbocycles. The Bertz CT molecular complexity index is 685. The quantitative estimate of drug-likeness (QED) is 0.0660. The summed E-state index contributed by atoms with van der Waals surface area (Å²) in [6.07, 6.45) is -0.917. The molecular formula is C14H21N3O10S2Se2. The Morgan fingerprint density at radius 2 is 1.58 bits per heavy atom. The van der Waals surface area contributed by atoms with Gasteiger partial charge in [-0.1, -0.05) is 0 Å². The maximum atomic E-state index is 12.2. The Morgan fingerprint density at radius 1 is 0.935 bits per heavy atom. The molecule has 0 heterocycles. The molecule has 0 aliphatic carbocycles. The van der Waals surface area contributed by atoms with Crippen molar-refractivity contribution in [2.75, 3.05) is 12.3 Å².